The van der Waals surface area contributed by atoms with E-state index in [2.05, 4.69) is 133 Å². The maximum atomic E-state index is 2.40. The third kappa shape index (κ3) is 2.94. The van der Waals surface area contributed by atoms with E-state index < -0.39 is 0 Å². The zero-order valence-electron chi connectivity index (χ0n) is 21.1. The molecular weight excluding hydrogens is 488 g/mol. The van der Waals surface area contributed by atoms with Crippen molar-refractivity contribution in [2.75, 3.05) is 0 Å². The van der Waals surface area contributed by atoms with E-state index in [4.69, 9.17) is 0 Å². The van der Waals surface area contributed by atoms with Crippen molar-refractivity contribution in [1.82, 2.24) is 0 Å². The summed E-state index contributed by atoms with van der Waals surface area (Å²) in [6, 6.07) is 49.2. The van der Waals surface area contributed by atoms with Gasteiger partial charge in [-0.25, -0.2) is 0 Å². The lowest BCUT2D eigenvalue weighted by atomic mass is 9.89. The zero-order chi connectivity index (χ0) is 25.5. The molecule has 0 aliphatic heterocycles. The van der Waals surface area contributed by atoms with E-state index in [1.807, 2.05) is 11.3 Å². The van der Waals surface area contributed by atoms with Gasteiger partial charge >= 0.3 is 0 Å². The van der Waals surface area contributed by atoms with Crippen LogP contribution in [0.15, 0.2) is 133 Å². The summed E-state index contributed by atoms with van der Waals surface area (Å²) in [7, 11) is 0. The number of benzene rings is 8. The predicted octanol–water partition coefficient (Wildman–Crippen LogP) is 11.4. The Bertz CT molecular complexity index is 2370. The van der Waals surface area contributed by atoms with Crippen molar-refractivity contribution in [2.45, 2.75) is 0 Å². The Balaban J connectivity index is 1.46. The topological polar surface area (TPSA) is 0 Å². The van der Waals surface area contributed by atoms with Crippen molar-refractivity contribution in [1.29, 1.82) is 0 Å². The summed E-state index contributed by atoms with van der Waals surface area (Å²) in [6.45, 7) is 0. The predicted molar refractivity (Wildman–Crippen MR) is 171 cm³/mol. The van der Waals surface area contributed by atoms with Crippen LogP contribution in [0.4, 0.5) is 0 Å². The summed E-state index contributed by atoms with van der Waals surface area (Å²) in [5.74, 6) is 0. The van der Waals surface area contributed by atoms with Gasteiger partial charge in [0, 0.05) is 20.2 Å². The van der Waals surface area contributed by atoms with Crippen molar-refractivity contribution in [2.24, 2.45) is 0 Å². The number of hydrogen-bond donors (Lipinski definition) is 0. The Morgan fingerprint density at radius 2 is 0.949 bits per heavy atom. The smallest absolute Gasteiger partial charge is 0.0440 e. The van der Waals surface area contributed by atoms with Crippen LogP contribution in [0.3, 0.4) is 0 Å². The minimum absolute atomic E-state index is 1.25. The van der Waals surface area contributed by atoms with Crippen molar-refractivity contribution in [3.05, 3.63) is 133 Å². The quantitative estimate of drug-likeness (QED) is 0.160. The number of fused-ring (bicyclic) bond motifs is 6. The Morgan fingerprint density at radius 1 is 0.333 bits per heavy atom. The Kier molecular flexibility index (Phi) is 4.30. The summed E-state index contributed by atoms with van der Waals surface area (Å²) in [6.07, 6.45) is 0. The van der Waals surface area contributed by atoms with Crippen LogP contribution in [0.25, 0.3) is 85.5 Å². The van der Waals surface area contributed by atoms with Crippen molar-refractivity contribution >= 4 is 74.6 Å². The van der Waals surface area contributed by atoms with E-state index >= 15 is 0 Å². The van der Waals surface area contributed by atoms with Crippen molar-refractivity contribution < 1.29 is 0 Å². The van der Waals surface area contributed by atoms with Gasteiger partial charge in [-0.15, -0.1) is 11.3 Å². The lowest BCUT2D eigenvalue weighted by Gasteiger charge is -2.14. The van der Waals surface area contributed by atoms with Crippen LogP contribution in [-0.2, 0) is 0 Å². The van der Waals surface area contributed by atoms with E-state index in [9.17, 15) is 0 Å². The molecule has 1 aromatic heterocycles. The third-order valence-electron chi connectivity index (χ3n) is 8.38. The molecule has 0 aliphatic rings. The van der Waals surface area contributed by atoms with Gasteiger partial charge in [-0.3, -0.25) is 0 Å². The maximum Gasteiger partial charge on any atom is 0.0440 e. The van der Waals surface area contributed by atoms with Gasteiger partial charge in [-0.1, -0.05) is 115 Å². The second-order valence-corrected chi connectivity index (χ2v) is 11.5. The maximum absolute atomic E-state index is 2.40. The first kappa shape index (κ1) is 21.2. The first-order valence-corrected chi connectivity index (χ1v) is 14.3. The van der Waals surface area contributed by atoms with E-state index in [0.29, 0.717) is 0 Å². The van der Waals surface area contributed by atoms with Crippen molar-refractivity contribution in [3.63, 3.8) is 0 Å². The van der Waals surface area contributed by atoms with Crippen LogP contribution in [0.1, 0.15) is 0 Å². The largest absolute Gasteiger partial charge is 0.134 e. The molecule has 39 heavy (non-hydrogen) atoms. The zero-order valence-corrected chi connectivity index (χ0v) is 21.9. The number of thiophene rings is 1. The monoisotopic (exact) mass is 510 g/mol. The molecule has 0 saturated carbocycles. The average Bonchev–Trinajstić information content (AvgIpc) is 3.41. The van der Waals surface area contributed by atoms with E-state index in [-0.39, 0.29) is 0 Å². The fourth-order valence-corrected chi connectivity index (χ4v) is 8.07. The van der Waals surface area contributed by atoms with Crippen LogP contribution in [0.2, 0.25) is 0 Å². The van der Waals surface area contributed by atoms with Gasteiger partial charge in [-0.2, -0.15) is 0 Å². The van der Waals surface area contributed by atoms with Gasteiger partial charge in [0.2, 0.25) is 0 Å². The molecule has 0 fully saturated rings. The first-order chi connectivity index (χ1) is 19.3. The van der Waals surface area contributed by atoms with Gasteiger partial charge in [0.15, 0.2) is 0 Å². The van der Waals surface area contributed by atoms with Gasteiger partial charge in [-0.05, 0) is 83.5 Å². The van der Waals surface area contributed by atoms with Crippen LogP contribution < -0.4 is 0 Å². The highest BCUT2D eigenvalue weighted by molar-refractivity contribution is 7.27. The van der Waals surface area contributed by atoms with E-state index in [1.54, 1.807) is 0 Å². The highest BCUT2D eigenvalue weighted by atomic mass is 32.1. The van der Waals surface area contributed by atoms with Crippen LogP contribution in [0, 0.1) is 0 Å². The summed E-state index contributed by atoms with van der Waals surface area (Å²) < 4.78 is 2.77. The SMILES string of the molecule is c1ccc(-c2cc(-c3ccc4c5ccccc5c5cc6ccccc6c6sc3c4c56)cc3ccccc23)cc1. The molecule has 0 N–H and O–H groups in total. The van der Waals surface area contributed by atoms with E-state index in [0.717, 1.165) is 0 Å². The standard InChI is InChI=1S/C38H22S/c1-2-10-23(11-3-1)33-22-26(20-24-12-4-6-14-27(24)33)29-18-19-32-30-16-8-9-17-31(30)34-21-25-13-5-7-15-28(25)37-36(34)35(32)38(29)39-37/h1-22H. The molecule has 0 nitrogen and oxygen atoms in total. The number of hydrogen-bond acceptors (Lipinski definition) is 1. The van der Waals surface area contributed by atoms with E-state index in [1.165, 1.54) is 85.5 Å². The molecule has 8 aromatic carbocycles. The molecule has 0 aliphatic carbocycles. The molecule has 1 heteroatoms. The molecule has 180 valence electrons. The fourth-order valence-electron chi connectivity index (χ4n) is 6.65. The molecule has 0 unspecified atom stereocenters. The molecule has 0 amide bonds. The normalized spacial score (nSPS) is 12.1. The molecule has 0 spiro atoms. The first-order valence-electron chi connectivity index (χ1n) is 13.4. The molecule has 0 atom stereocenters. The molecule has 9 aromatic rings. The van der Waals surface area contributed by atoms with Crippen LogP contribution in [-0.4, -0.2) is 0 Å². The number of rotatable bonds is 2. The Hall–Kier alpha value is -4.72. The molecular formula is C38H22S. The molecule has 1 heterocycles. The van der Waals surface area contributed by atoms with Gasteiger partial charge in [0.1, 0.15) is 0 Å². The molecule has 0 saturated heterocycles. The summed E-state index contributed by atoms with van der Waals surface area (Å²) >= 11 is 1.96. The highest BCUT2D eigenvalue weighted by Crippen LogP contribution is 2.50. The average molecular weight is 511 g/mol. The van der Waals surface area contributed by atoms with Crippen LogP contribution in [0.5, 0.6) is 0 Å². The second-order valence-electron chi connectivity index (χ2n) is 10.5. The summed E-state index contributed by atoms with van der Waals surface area (Å²) in [5.41, 5.74) is 5.12. The highest BCUT2D eigenvalue weighted by Gasteiger charge is 2.21. The van der Waals surface area contributed by atoms with Gasteiger partial charge in [0.05, 0.1) is 0 Å². The summed E-state index contributed by atoms with van der Waals surface area (Å²) in [4.78, 5) is 0. The minimum Gasteiger partial charge on any atom is -0.134 e. The summed E-state index contributed by atoms with van der Waals surface area (Å²) in [5, 5.41) is 13.4. The Labute approximate surface area is 229 Å². The lowest BCUT2D eigenvalue weighted by molar-refractivity contribution is 1.64. The van der Waals surface area contributed by atoms with Crippen LogP contribution >= 0.6 is 11.3 Å². The Morgan fingerprint density at radius 3 is 1.74 bits per heavy atom. The third-order valence-corrected chi connectivity index (χ3v) is 9.63. The fraction of sp³-hybridized carbons (Fsp3) is 0. The van der Waals surface area contributed by atoms with Gasteiger partial charge < -0.3 is 0 Å². The minimum atomic E-state index is 1.25. The van der Waals surface area contributed by atoms with Crippen molar-refractivity contribution in [3.8, 4) is 22.3 Å². The van der Waals surface area contributed by atoms with Gasteiger partial charge in [0.25, 0.3) is 0 Å². The second kappa shape index (κ2) is 7.89. The molecule has 9 rings (SSSR count). The molecule has 0 bridgehead atoms. The molecule has 0 radical (unpaired) electrons. The lowest BCUT2D eigenvalue weighted by Crippen LogP contribution is -1.87.